The zero-order valence-electron chi connectivity index (χ0n) is 12.9. The van der Waals surface area contributed by atoms with Crippen molar-refractivity contribution in [2.24, 2.45) is 5.92 Å². The van der Waals surface area contributed by atoms with Crippen LogP contribution in [0.15, 0.2) is 48.5 Å². The number of rotatable bonds is 4. The molecule has 3 rings (SSSR count). The van der Waals surface area contributed by atoms with Gasteiger partial charge in [-0.05, 0) is 37.1 Å². The highest BCUT2D eigenvalue weighted by Gasteiger charge is 2.35. The lowest BCUT2D eigenvalue weighted by Gasteiger charge is -2.12. The summed E-state index contributed by atoms with van der Waals surface area (Å²) in [6.45, 7) is 0. The van der Waals surface area contributed by atoms with Gasteiger partial charge in [0, 0.05) is 6.07 Å². The van der Waals surface area contributed by atoms with E-state index in [4.69, 9.17) is 9.47 Å². The Morgan fingerprint density at radius 3 is 2.20 bits per heavy atom. The van der Waals surface area contributed by atoms with Crippen LogP contribution >= 0.6 is 0 Å². The van der Waals surface area contributed by atoms with Crippen molar-refractivity contribution in [3.05, 3.63) is 59.7 Å². The van der Waals surface area contributed by atoms with E-state index in [2.05, 4.69) is 0 Å². The topological polar surface area (TPSA) is 52.6 Å². The van der Waals surface area contributed by atoms with Gasteiger partial charge in [-0.1, -0.05) is 18.2 Å². The molecule has 0 N–H and O–H groups in total. The summed E-state index contributed by atoms with van der Waals surface area (Å²) in [5, 5.41) is 0. The Kier molecular flexibility index (Phi) is 4.48. The predicted octanol–water partition coefficient (Wildman–Crippen LogP) is 4.24. The van der Waals surface area contributed by atoms with Crippen molar-refractivity contribution in [3.8, 4) is 11.5 Å². The summed E-state index contributed by atoms with van der Waals surface area (Å²) in [7, 11) is 0. The molecule has 2 aromatic rings. The molecule has 0 aromatic heterocycles. The fourth-order valence-corrected chi connectivity index (χ4v) is 2.19. The van der Waals surface area contributed by atoms with Crippen LogP contribution in [-0.2, 0) is 11.0 Å². The van der Waals surface area contributed by atoms with Crippen LogP contribution in [0.1, 0.15) is 28.8 Å². The molecule has 1 aliphatic rings. The third kappa shape index (κ3) is 4.17. The monoisotopic (exact) mass is 350 g/mol. The molecule has 0 bridgehead atoms. The number of alkyl halides is 3. The number of ether oxygens (including phenoxy) is 2. The predicted molar refractivity (Wildman–Crippen MR) is 81.2 cm³/mol. The Morgan fingerprint density at radius 2 is 1.56 bits per heavy atom. The van der Waals surface area contributed by atoms with Crippen molar-refractivity contribution in [3.63, 3.8) is 0 Å². The van der Waals surface area contributed by atoms with Crippen LogP contribution in [0.4, 0.5) is 13.2 Å². The first-order valence-corrected chi connectivity index (χ1v) is 7.55. The minimum Gasteiger partial charge on any atom is -0.426 e. The van der Waals surface area contributed by atoms with Crippen molar-refractivity contribution in [1.29, 1.82) is 0 Å². The Morgan fingerprint density at radius 1 is 0.920 bits per heavy atom. The second-order valence-electron chi connectivity index (χ2n) is 5.60. The summed E-state index contributed by atoms with van der Waals surface area (Å²) < 4.78 is 49.1. The van der Waals surface area contributed by atoms with Crippen molar-refractivity contribution < 1.29 is 32.2 Å². The van der Waals surface area contributed by atoms with E-state index >= 15 is 0 Å². The first kappa shape index (κ1) is 17.0. The van der Waals surface area contributed by atoms with Gasteiger partial charge in [0.25, 0.3) is 0 Å². The maximum atomic E-state index is 13.0. The third-order valence-corrected chi connectivity index (χ3v) is 3.60. The molecule has 0 heterocycles. The molecule has 0 atom stereocenters. The number of halogens is 3. The second-order valence-corrected chi connectivity index (χ2v) is 5.60. The number of esters is 2. The summed E-state index contributed by atoms with van der Waals surface area (Å²) in [5.74, 6) is -1.45. The molecule has 1 fully saturated rings. The summed E-state index contributed by atoms with van der Waals surface area (Å²) in [6.07, 6.45) is -3.11. The van der Waals surface area contributed by atoms with E-state index in [1.807, 2.05) is 0 Å². The summed E-state index contributed by atoms with van der Waals surface area (Å²) in [5.41, 5.74) is -1.66. The molecule has 0 aliphatic heterocycles. The van der Waals surface area contributed by atoms with Gasteiger partial charge in [0.15, 0.2) is 0 Å². The van der Waals surface area contributed by atoms with E-state index < -0.39 is 23.3 Å². The van der Waals surface area contributed by atoms with Crippen LogP contribution in [0.25, 0.3) is 0 Å². The van der Waals surface area contributed by atoms with Gasteiger partial charge in [-0.15, -0.1) is 0 Å². The maximum absolute atomic E-state index is 13.0. The minimum absolute atomic E-state index is 0.0110. The molecule has 1 saturated carbocycles. The maximum Gasteiger partial charge on any atom is 0.417 e. The Hall–Kier alpha value is -2.83. The molecular formula is C18H13F3O4. The molecule has 25 heavy (non-hydrogen) atoms. The van der Waals surface area contributed by atoms with Gasteiger partial charge in [0.2, 0.25) is 0 Å². The lowest BCUT2D eigenvalue weighted by atomic mass is 10.1. The number of hydrogen-bond donors (Lipinski definition) is 0. The Balaban J connectivity index is 1.76. The zero-order valence-corrected chi connectivity index (χ0v) is 12.9. The van der Waals surface area contributed by atoms with Crippen LogP contribution < -0.4 is 9.47 Å². The number of carbonyl (C=O) groups excluding carboxylic acids is 2. The van der Waals surface area contributed by atoms with E-state index in [1.54, 1.807) is 0 Å². The van der Waals surface area contributed by atoms with E-state index in [0.29, 0.717) is 0 Å². The molecule has 1 aliphatic carbocycles. The average Bonchev–Trinajstić information content (AvgIpc) is 3.39. The Bertz CT molecular complexity index is 810. The van der Waals surface area contributed by atoms with Crippen molar-refractivity contribution >= 4 is 11.9 Å². The highest BCUT2D eigenvalue weighted by Crippen LogP contribution is 2.33. The standard InChI is InChI=1S/C18H13F3O4/c19-18(20,21)15-7-2-1-6-14(15)17(23)25-13-5-3-4-12(10-13)24-16(22)11-8-9-11/h1-7,10-11H,8-9H2. The molecule has 0 spiro atoms. The average molecular weight is 350 g/mol. The van der Waals surface area contributed by atoms with E-state index in [1.165, 1.54) is 36.4 Å². The zero-order chi connectivity index (χ0) is 18.0. The van der Waals surface area contributed by atoms with Gasteiger partial charge in [0.1, 0.15) is 11.5 Å². The van der Waals surface area contributed by atoms with Crippen LogP contribution in [0, 0.1) is 5.92 Å². The van der Waals surface area contributed by atoms with Crippen LogP contribution in [0.2, 0.25) is 0 Å². The normalized spacial score (nSPS) is 14.0. The van der Waals surface area contributed by atoms with E-state index in [-0.39, 0.29) is 23.4 Å². The van der Waals surface area contributed by atoms with Gasteiger partial charge in [-0.2, -0.15) is 13.2 Å². The molecule has 2 aromatic carbocycles. The van der Waals surface area contributed by atoms with Crippen LogP contribution in [-0.4, -0.2) is 11.9 Å². The fourth-order valence-electron chi connectivity index (χ4n) is 2.19. The first-order chi connectivity index (χ1) is 11.8. The van der Waals surface area contributed by atoms with Crippen molar-refractivity contribution in [2.45, 2.75) is 19.0 Å². The largest absolute Gasteiger partial charge is 0.426 e. The SMILES string of the molecule is O=C(Oc1cccc(OC(=O)C2CC2)c1)c1ccccc1C(F)(F)F. The van der Waals surface area contributed by atoms with Gasteiger partial charge in [0.05, 0.1) is 17.0 Å². The molecule has 4 nitrogen and oxygen atoms in total. The van der Waals surface area contributed by atoms with E-state index in [0.717, 1.165) is 25.0 Å². The minimum atomic E-state index is -4.67. The van der Waals surface area contributed by atoms with Gasteiger partial charge in [-0.3, -0.25) is 4.79 Å². The molecular weight excluding hydrogens is 337 g/mol. The summed E-state index contributed by atoms with van der Waals surface area (Å²) in [6, 6.07) is 10.0. The van der Waals surface area contributed by atoms with Crippen LogP contribution in [0.5, 0.6) is 11.5 Å². The fraction of sp³-hybridized carbons (Fsp3) is 0.222. The molecule has 0 unspecified atom stereocenters. The van der Waals surface area contributed by atoms with Crippen LogP contribution in [0.3, 0.4) is 0 Å². The van der Waals surface area contributed by atoms with Crippen molar-refractivity contribution in [1.82, 2.24) is 0 Å². The number of carbonyl (C=O) groups is 2. The molecule has 0 saturated heterocycles. The molecule has 7 heteroatoms. The number of hydrogen-bond acceptors (Lipinski definition) is 4. The van der Waals surface area contributed by atoms with Gasteiger partial charge in [-0.25, -0.2) is 4.79 Å². The summed E-state index contributed by atoms with van der Waals surface area (Å²) in [4.78, 5) is 23.7. The molecule has 130 valence electrons. The van der Waals surface area contributed by atoms with Crippen molar-refractivity contribution in [2.75, 3.05) is 0 Å². The Labute approximate surface area is 141 Å². The van der Waals surface area contributed by atoms with E-state index in [9.17, 15) is 22.8 Å². The highest BCUT2D eigenvalue weighted by molar-refractivity contribution is 5.93. The quantitative estimate of drug-likeness (QED) is 0.611. The van der Waals surface area contributed by atoms with Gasteiger partial charge < -0.3 is 9.47 Å². The first-order valence-electron chi connectivity index (χ1n) is 7.55. The lowest BCUT2D eigenvalue weighted by Crippen LogP contribution is -2.17. The second kappa shape index (κ2) is 6.58. The number of benzene rings is 2. The highest BCUT2D eigenvalue weighted by atomic mass is 19.4. The smallest absolute Gasteiger partial charge is 0.417 e. The lowest BCUT2D eigenvalue weighted by molar-refractivity contribution is -0.138. The summed E-state index contributed by atoms with van der Waals surface area (Å²) >= 11 is 0. The molecule has 0 amide bonds. The third-order valence-electron chi connectivity index (χ3n) is 3.60. The molecule has 0 radical (unpaired) electrons. The van der Waals surface area contributed by atoms with Gasteiger partial charge >= 0.3 is 18.1 Å².